The smallest absolute Gasteiger partial charge is 0.271 e. The molecule has 0 spiro atoms. The molecule has 3 aromatic rings. The highest BCUT2D eigenvalue weighted by Gasteiger charge is 2.43. The van der Waals surface area contributed by atoms with Gasteiger partial charge in [-0.1, -0.05) is 48.5 Å². The van der Waals surface area contributed by atoms with Crippen molar-refractivity contribution in [2.24, 2.45) is 5.10 Å². The summed E-state index contributed by atoms with van der Waals surface area (Å²) in [5, 5.41) is 4.20. The summed E-state index contributed by atoms with van der Waals surface area (Å²) in [6.07, 6.45) is 4.51. The zero-order valence-electron chi connectivity index (χ0n) is 19.3. The first-order valence-electron chi connectivity index (χ1n) is 11.2. The van der Waals surface area contributed by atoms with Gasteiger partial charge in [0.1, 0.15) is 5.75 Å². The Balaban J connectivity index is 1.68. The lowest BCUT2D eigenvalue weighted by atomic mass is 9.76. The molecule has 1 atom stereocenters. The lowest BCUT2D eigenvalue weighted by Crippen LogP contribution is -2.30. The van der Waals surface area contributed by atoms with Crippen molar-refractivity contribution in [2.75, 3.05) is 18.6 Å². The molecule has 0 bridgehead atoms. The van der Waals surface area contributed by atoms with Gasteiger partial charge >= 0.3 is 0 Å². The van der Waals surface area contributed by atoms with Crippen LogP contribution < -0.4 is 15.1 Å². The van der Waals surface area contributed by atoms with Crippen LogP contribution in [0.5, 0.6) is 5.75 Å². The Morgan fingerprint density at radius 2 is 1.76 bits per heavy atom. The van der Waals surface area contributed by atoms with Crippen molar-refractivity contribution in [1.29, 1.82) is 0 Å². The average molecular weight is 440 g/mol. The third-order valence-electron chi connectivity index (χ3n) is 6.17. The molecule has 0 saturated heterocycles. The molecule has 0 aliphatic carbocycles. The quantitative estimate of drug-likeness (QED) is 0.400. The van der Waals surface area contributed by atoms with Crippen molar-refractivity contribution in [2.45, 2.75) is 25.7 Å². The third-order valence-corrected chi connectivity index (χ3v) is 6.17. The van der Waals surface area contributed by atoms with Crippen LogP contribution in [0.3, 0.4) is 0 Å². The molecule has 1 N–H and O–H groups in total. The summed E-state index contributed by atoms with van der Waals surface area (Å²) in [6.45, 7) is 5.22. The average Bonchev–Trinajstić information content (AvgIpc) is 3.09. The SMILES string of the molecule is CCN1/C(=C\C=N\NC(=O)c2ccccc2)C(C)(Cc2ccccc2)c2cc(OC)ccc21. The maximum absolute atomic E-state index is 12.3. The molecule has 0 aromatic heterocycles. The Kier molecular flexibility index (Phi) is 6.59. The lowest BCUT2D eigenvalue weighted by Gasteiger charge is -2.30. The minimum absolute atomic E-state index is 0.232. The van der Waals surface area contributed by atoms with Crippen LogP contribution in [0.15, 0.2) is 95.7 Å². The van der Waals surface area contributed by atoms with Crippen molar-refractivity contribution in [3.05, 3.63) is 107 Å². The van der Waals surface area contributed by atoms with Gasteiger partial charge in [0, 0.05) is 35.1 Å². The summed E-state index contributed by atoms with van der Waals surface area (Å²) in [4.78, 5) is 14.6. The van der Waals surface area contributed by atoms with E-state index in [-0.39, 0.29) is 11.3 Å². The van der Waals surface area contributed by atoms with Crippen LogP contribution in [0.4, 0.5) is 5.69 Å². The zero-order chi connectivity index (χ0) is 23.3. The lowest BCUT2D eigenvalue weighted by molar-refractivity contribution is 0.0955. The number of fused-ring (bicyclic) bond motifs is 1. The van der Waals surface area contributed by atoms with Crippen LogP contribution in [-0.2, 0) is 11.8 Å². The number of carbonyl (C=O) groups is 1. The number of methoxy groups -OCH3 is 1. The van der Waals surface area contributed by atoms with Gasteiger partial charge in [0.2, 0.25) is 0 Å². The summed E-state index contributed by atoms with van der Waals surface area (Å²) in [7, 11) is 1.70. The van der Waals surface area contributed by atoms with E-state index in [1.165, 1.54) is 16.8 Å². The van der Waals surface area contributed by atoms with E-state index in [1.807, 2.05) is 36.4 Å². The second-order valence-corrected chi connectivity index (χ2v) is 8.26. The van der Waals surface area contributed by atoms with Crippen LogP contribution in [-0.4, -0.2) is 25.8 Å². The number of hydrogen-bond acceptors (Lipinski definition) is 4. The molecule has 1 aliphatic heterocycles. The molecule has 1 aliphatic rings. The van der Waals surface area contributed by atoms with E-state index < -0.39 is 0 Å². The number of ether oxygens (including phenoxy) is 1. The summed E-state index contributed by atoms with van der Waals surface area (Å²) >= 11 is 0. The van der Waals surface area contributed by atoms with Gasteiger partial charge in [0.15, 0.2) is 0 Å². The van der Waals surface area contributed by atoms with Crippen LogP contribution in [0.1, 0.15) is 35.3 Å². The Bertz CT molecular complexity index is 1170. The number of hydrogen-bond donors (Lipinski definition) is 1. The minimum Gasteiger partial charge on any atom is -0.497 e. The van der Waals surface area contributed by atoms with Gasteiger partial charge in [-0.3, -0.25) is 4.79 Å². The first kappa shape index (κ1) is 22.3. The molecular weight excluding hydrogens is 410 g/mol. The number of amides is 1. The van der Waals surface area contributed by atoms with Gasteiger partial charge in [-0.15, -0.1) is 0 Å². The molecule has 5 nitrogen and oxygen atoms in total. The van der Waals surface area contributed by atoms with Crippen molar-refractivity contribution < 1.29 is 9.53 Å². The fourth-order valence-electron chi connectivity index (χ4n) is 4.55. The Labute approximate surface area is 195 Å². The molecule has 33 heavy (non-hydrogen) atoms. The Morgan fingerprint density at radius 3 is 2.42 bits per heavy atom. The highest BCUT2D eigenvalue weighted by atomic mass is 16.5. The van der Waals surface area contributed by atoms with Crippen LogP contribution in [0.25, 0.3) is 0 Å². The van der Waals surface area contributed by atoms with Gasteiger partial charge in [-0.2, -0.15) is 5.10 Å². The number of carbonyl (C=O) groups excluding carboxylic acids is 1. The predicted octanol–water partition coefficient (Wildman–Crippen LogP) is 5.34. The Hall–Kier alpha value is -3.86. The number of rotatable bonds is 7. The first-order chi connectivity index (χ1) is 16.1. The van der Waals surface area contributed by atoms with E-state index in [4.69, 9.17) is 4.74 Å². The second kappa shape index (κ2) is 9.74. The second-order valence-electron chi connectivity index (χ2n) is 8.26. The summed E-state index contributed by atoms with van der Waals surface area (Å²) in [5.74, 6) is 0.609. The summed E-state index contributed by atoms with van der Waals surface area (Å²) < 4.78 is 5.54. The molecular formula is C28H29N3O2. The molecule has 168 valence electrons. The van der Waals surface area contributed by atoms with Crippen molar-refractivity contribution in [3.63, 3.8) is 0 Å². The van der Waals surface area contributed by atoms with Crippen LogP contribution in [0.2, 0.25) is 0 Å². The summed E-state index contributed by atoms with van der Waals surface area (Å²) in [5.41, 5.74) is 7.70. The summed E-state index contributed by atoms with van der Waals surface area (Å²) in [6, 6.07) is 25.8. The molecule has 0 fully saturated rings. The minimum atomic E-state index is -0.281. The predicted molar refractivity (Wildman–Crippen MR) is 134 cm³/mol. The maximum atomic E-state index is 12.3. The van der Waals surface area contributed by atoms with E-state index >= 15 is 0 Å². The van der Waals surface area contributed by atoms with Gasteiger partial charge < -0.3 is 9.64 Å². The third kappa shape index (κ3) is 4.53. The number of likely N-dealkylation sites (N-methyl/N-ethyl adjacent to an activating group) is 1. The number of hydrazone groups is 1. The first-order valence-corrected chi connectivity index (χ1v) is 11.2. The fraction of sp³-hybridized carbons (Fsp3) is 0.214. The van der Waals surface area contributed by atoms with Crippen molar-refractivity contribution >= 4 is 17.8 Å². The van der Waals surface area contributed by atoms with Gasteiger partial charge in [0.05, 0.1) is 7.11 Å². The van der Waals surface area contributed by atoms with E-state index in [1.54, 1.807) is 25.5 Å². The number of nitrogens with zero attached hydrogens (tertiary/aromatic N) is 2. The van der Waals surface area contributed by atoms with Gasteiger partial charge in [-0.25, -0.2) is 5.43 Å². The molecule has 0 saturated carbocycles. The van der Waals surface area contributed by atoms with Crippen molar-refractivity contribution in [1.82, 2.24) is 5.43 Å². The topological polar surface area (TPSA) is 53.9 Å². The van der Waals surface area contributed by atoms with Crippen LogP contribution >= 0.6 is 0 Å². The van der Waals surface area contributed by atoms with E-state index in [2.05, 4.69) is 65.7 Å². The molecule has 3 aromatic carbocycles. The molecule has 4 rings (SSSR count). The molecule has 1 heterocycles. The number of nitrogens with one attached hydrogen (secondary N) is 1. The highest BCUT2D eigenvalue weighted by molar-refractivity contribution is 5.94. The molecule has 1 amide bonds. The highest BCUT2D eigenvalue weighted by Crippen LogP contribution is 2.50. The van der Waals surface area contributed by atoms with Gasteiger partial charge in [-0.05, 0) is 67.8 Å². The van der Waals surface area contributed by atoms with Gasteiger partial charge in [0.25, 0.3) is 5.91 Å². The standard InChI is InChI=1S/C28H29N3O2/c1-4-31-25-16-15-23(33-3)19-24(25)28(2,20-21-11-7-5-8-12-21)26(31)17-18-29-30-27(32)22-13-9-6-10-14-22/h5-19H,4,20H2,1-3H3,(H,30,32)/b26-17-,29-18+. The molecule has 0 radical (unpaired) electrons. The number of allylic oxidation sites excluding steroid dienone is 2. The van der Waals surface area contributed by atoms with E-state index in [0.29, 0.717) is 5.56 Å². The number of anilines is 1. The monoisotopic (exact) mass is 439 g/mol. The number of benzene rings is 3. The van der Waals surface area contributed by atoms with E-state index in [0.717, 1.165) is 24.4 Å². The van der Waals surface area contributed by atoms with Crippen molar-refractivity contribution in [3.8, 4) is 5.75 Å². The zero-order valence-corrected chi connectivity index (χ0v) is 19.3. The fourth-order valence-corrected chi connectivity index (χ4v) is 4.55. The Morgan fingerprint density at radius 1 is 1.06 bits per heavy atom. The molecule has 1 unspecified atom stereocenters. The largest absolute Gasteiger partial charge is 0.497 e. The van der Waals surface area contributed by atoms with E-state index in [9.17, 15) is 4.79 Å². The van der Waals surface area contributed by atoms with Crippen LogP contribution in [0, 0.1) is 0 Å². The maximum Gasteiger partial charge on any atom is 0.271 e. The normalized spacial score (nSPS) is 18.5. The molecule has 5 heteroatoms.